The third kappa shape index (κ3) is 4.73. The van der Waals surface area contributed by atoms with Crippen LogP contribution in [0.15, 0.2) is 0 Å². The molecule has 0 aromatic heterocycles. The molecular formula is C11H20N2O4S. The van der Waals surface area contributed by atoms with Gasteiger partial charge in [-0.1, -0.05) is 6.42 Å². The monoisotopic (exact) mass is 276 g/mol. The van der Waals surface area contributed by atoms with Crippen LogP contribution in [-0.4, -0.2) is 52.4 Å². The third-order valence-electron chi connectivity index (χ3n) is 3.06. The first-order valence-corrected chi connectivity index (χ1v) is 7.31. The number of aliphatic carboxylic acids is 1. The summed E-state index contributed by atoms with van der Waals surface area (Å²) in [7, 11) is 0. The zero-order valence-electron chi connectivity index (χ0n) is 10.4. The molecule has 0 saturated heterocycles. The lowest BCUT2D eigenvalue weighted by molar-refractivity contribution is -0.146. The number of hydrogen-bond acceptors (Lipinski definition) is 4. The lowest BCUT2D eigenvalue weighted by atomic mass is 10.2. The van der Waals surface area contributed by atoms with Gasteiger partial charge in [-0.25, -0.2) is 9.59 Å². The lowest BCUT2D eigenvalue weighted by Gasteiger charge is -2.19. The summed E-state index contributed by atoms with van der Waals surface area (Å²) >= 11 is 1.75. The number of carboxylic acid groups (broad SMARTS) is 1. The van der Waals surface area contributed by atoms with Gasteiger partial charge in [-0.05, 0) is 19.1 Å². The lowest BCUT2D eigenvalue weighted by Crippen LogP contribution is -2.45. The molecule has 0 radical (unpaired) electrons. The van der Waals surface area contributed by atoms with Gasteiger partial charge in [0.05, 0.1) is 0 Å². The number of urea groups is 1. The molecule has 6 nitrogen and oxygen atoms in total. The highest BCUT2D eigenvalue weighted by Gasteiger charge is 2.27. The first-order valence-electron chi connectivity index (χ1n) is 6.02. The number of rotatable bonds is 6. The van der Waals surface area contributed by atoms with E-state index in [4.69, 9.17) is 10.2 Å². The van der Waals surface area contributed by atoms with Crippen LogP contribution in [-0.2, 0) is 4.79 Å². The molecule has 4 N–H and O–H groups in total. The van der Waals surface area contributed by atoms with Gasteiger partial charge < -0.3 is 20.8 Å². The molecule has 104 valence electrons. The number of hydrogen-bond donors (Lipinski definition) is 4. The van der Waals surface area contributed by atoms with Crippen molar-refractivity contribution in [2.45, 2.75) is 43.1 Å². The molecule has 0 aliphatic heterocycles. The fourth-order valence-electron chi connectivity index (χ4n) is 2.04. The maximum absolute atomic E-state index is 11.6. The number of carbonyl (C=O) groups is 2. The molecule has 1 fully saturated rings. The van der Waals surface area contributed by atoms with Crippen LogP contribution in [0.3, 0.4) is 0 Å². The molecule has 3 atom stereocenters. The van der Waals surface area contributed by atoms with E-state index in [1.54, 1.807) is 11.8 Å². The van der Waals surface area contributed by atoms with Crippen molar-refractivity contribution in [1.29, 1.82) is 0 Å². The zero-order chi connectivity index (χ0) is 13.5. The summed E-state index contributed by atoms with van der Waals surface area (Å²) in [6, 6.07) is -0.108. The highest BCUT2D eigenvalue weighted by atomic mass is 32.2. The van der Waals surface area contributed by atoms with Gasteiger partial charge in [0.2, 0.25) is 0 Å². The zero-order valence-corrected chi connectivity index (χ0v) is 11.2. The molecule has 1 saturated carbocycles. The van der Waals surface area contributed by atoms with E-state index in [0.717, 1.165) is 19.3 Å². The van der Waals surface area contributed by atoms with Crippen LogP contribution < -0.4 is 10.6 Å². The fraction of sp³-hybridized carbons (Fsp3) is 0.818. The number of carbonyl (C=O) groups excluding carboxylic acids is 1. The number of nitrogens with one attached hydrogen (secondary N) is 2. The summed E-state index contributed by atoms with van der Waals surface area (Å²) in [6.07, 6.45) is 3.84. The summed E-state index contributed by atoms with van der Waals surface area (Å²) in [5.41, 5.74) is 0. The number of thioether (sulfide) groups is 1. The van der Waals surface area contributed by atoms with Crippen LogP contribution >= 0.6 is 11.8 Å². The topological polar surface area (TPSA) is 98.7 Å². The molecular weight excluding hydrogens is 256 g/mol. The molecule has 0 aromatic rings. The van der Waals surface area contributed by atoms with E-state index < -0.39 is 12.1 Å². The van der Waals surface area contributed by atoms with Crippen LogP contribution in [0.2, 0.25) is 0 Å². The summed E-state index contributed by atoms with van der Waals surface area (Å²) in [6.45, 7) is 0.149. The van der Waals surface area contributed by atoms with E-state index in [1.807, 2.05) is 6.26 Å². The largest absolute Gasteiger partial charge is 0.479 e. The van der Waals surface area contributed by atoms with E-state index in [1.165, 1.54) is 0 Å². The van der Waals surface area contributed by atoms with Crippen molar-refractivity contribution < 1.29 is 19.8 Å². The van der Waals surface area contributed by atoms with E-state index in [0.29, 0.717) is 5.25 Å². The van der Waals surface area contributed by atoms with Gasteiger partial charge in [-0.3, -0.25) is 0 Å². The average molecular weight is 276 g/mol. The van der Waals surface area contributed by atoms with E-state index >= 15 is 0 Å². The number of aliphatic hydroxyl groups excluding tert-OH is 1. The number of carboxylic acids is 1. The predicted molar refractivity (Wildman–Crippen MR) is 69.7 cm³/mol. The molecule has 0 heterocycles. The van der Waals surface area contributed by atoms with Gasteiger partial charge in [-0.2, -0.15) is 11.8 Å². The second-order valence-corrected chi connectivity index (χ2v) is 5.43. The van der Waals surface area contributed by atoms with Crippen molar-refractivity contribution in [1.82, 2.24) is 10.6 Å². The Morgan fingerprint density at radius 3 is 2.78 bits per heavy atom. The van der Waals surface area contributed by atoms with Gasteiger partial charge >= 0.3 is 12.0 Å². The summed E-state index contributed by atoms with van der Waals surface area (Å²) in [4.78, 5) is 21.9. The maximum Gasteiger partial charge on any atom is 0.332 e. The van der Waals surface area contributed by atoms with Gasteiger partial charge in [0, 0.05) is 24.3 Å². The minimum absolute atomic E-state index is 0.0133. The highest BCUT2D eigenvalue weighted by Crippen LogP contribution is 2.28. The Hall–Kier alpha value is -0.950. The second-order valence-electron chi connectivity index (χ2n) is 4.35. The van der Waals surface area contributed by atoms with Gasteiger partial charge in [-0.15, -0.1) is 0 Å². The van der Waals surface area contributed by atoms with E-state index in [2.05, 4.69) is 10.6 Å². The smallest absolute Gasteiger partial charge is 0.332 e. The van der Waals surface area contributed by atoms with Crippen molar-refractivity contribution in [3.05, 3.63) is 0 Å². The molecule has 18 heavy (non-hydrogen) atoms. The first-order chi connectivity index (χ1) is 8.54. The Morgan fingerprint density at radius 1 is 1.44 bits per heavy atom. The Bertz CT molecular complexity index is 301. The minimum Gasteiger partial charge on any atom is -0.479 e. The molecule has 2 amide bonds. The van der Waals surface area contributed by atoms with Crippen LogP contribution in [0.5, 0.6) is 0 Å². The Labute approximate surface area is 111 Å². The van der Waals surface area contributed by atoms with Crippen molar-refractivity contribution in [2.24, 2.45) is 0 Å². The highest BCUT2D eigenvalue weighted by molar-refractivity contribution is 7.99. The average Bonchev–Trinajstić information content (AvgIpc) is 2.75. The molecule has 1 aliphatic rings. The normalized spacial score (nSPS) is 24.6. The second kappa shape index (κ2) is 7.48. The molecule has 1 rings (SSSR count). The minimum atomic E-state index is -1.42. The van der Waals surface area contributed by atoms with E-state index in [9.17, 15) is 9.59 Å². The van der Waals surface area contributed by atoms with Crippen molar-refractivity contribution in [3.63, 3.8) is 0 Å². The molecule has 1 aliphatic carbocycles. The van der Waals surface area contributed by atoms with Crippen LogP contribution in [0.1, 0.15) is 25.7 Å². The Balaban J connectivity index is 2.19. The van der Waals surface area contributed by atoms with Crippen molar-refractivity contribution in [3.8, 4) is 0 Å². The number of aliphatic hydroxyl groups is 1. The molecule has 0 aromatic carbocycles. The van der Waals surface area contributed by atoms with Gasteiger partial charge in [0.15, 0.2) is 6.10 Å². The third-order valence-corrected chi connectivity index (χ3v) is 4.23. The summed E-state index contributed by atoms with van der Waals surface area (Å²) in [5, 5.41) is 23.4. The summed E-state index contributed by atoms with van der Waals surface area (Å²) < 4.78 is 0. The number of amides is 2. The quantitative estimate of drug-likeness (QED) is 0.563. The van der Waals surface area contributed by atoms with Crippen molar-refractivity contribution in [2.75, 3.05) is 12.8 Å². The maximum atomic E-state index is 11.6. The Kier molecular flexibility index (Phi) is 6.28. The molecule has 0 bridgehead atoms. The standard InChI is InChI=1S/C11H20N2O4S/c1-18-9-4-2-3-7(9)13-11(17)12-6-5-8(14)10(15)16/h7-9,14H,2-6H2,1H3,(H,15,16)(H2,12,13,17). The molecule has 7 heteroatoms. The molecule has 3 unspecified atom stereocenters. The van der Waals surface area contributed by atoms with Crippen LogP contribution in [0.25, 0.3) is 0 Å². The summed E-state index contributed by atoms with van der Waals surface area (Å²) in [5.74, 6) is -1.27. The SMILES string of the molecule is CSC1CCCC1NC(=O)NCCC(O)C(=O)O. The van der Waals surface area contributed by atoms with Gasteiger partial charge in [0.1, 0.15) is 0 Å². The van der Waals surface area contributed by atoms with Crippen LogP contribution in [0, 0.1) is 0 Å². The predicted octanol–water partition coefficient (Wildman–Crippen LogP) is 0.405. The Morgan fingerprint density at radius 2 is 2.17 bits per heavy atom. The van der Waals surface area contributed by atoms with E-state index in [-0.39, 0.29) is 25.0 Å². The fourth-order valence-corrected chi connectivity index (χ4v) is 2.97. The van der Waals surface area contributed by atoms with Crippen LogP contribution in [0.4, 0.5) is 4.79 Å². The molecule has 0 spiro atoms. The van der Waals surface area contributed by atoms with Crippen molar-refractivity contribution >= 4 is 23.8 Å². The first kappa shape index (κ1) is 15.1. The van der Waals surface area contributed by atoms with Gasteiger partial charge in [0.25, 0.3) is 0 Å².